The van der Waals surface area contributed by atoms with Crippen molar-refractivity contribution in [3.63, 3.8) is 0 Å². The molecule has 1 aromatic carbocycles. The number of rotatable bonds is 6. The Morgan fingerprint density at radius 2 is 2.25 bits per heavy atom. The summed E-state index contributed by atoms with van der Waals surface area (Å²) in [6.45, 7) is 5.24. The number of aromatic nitrogens is 2. The standard InChI is InChI=1S/C15H19N3S2/c1-3-14-17-15(20-18-14)19-13-7-4-11(8-10(13)2)9-16-12-5-6-12/h4,7-8,12,16H,3,5-6,9H2,1-2H3. The molecule has 2 aromatic rings. The fourth-order valence-electron chi connectivity index (χ4n) is 2.00. The second-order valence-electron chi connectivity index (χ2n) is 5.19. The molecular weight excluding hydrogens is 286 g/mol. The molecule has 1 aromatic heterocycles. The van der Waals surface area contributed by atoms with Crippen LogP contribution >= 0.6 is 23.3 Å². The van der Waals surface area contributed by atoms with E-state index < -0.39 is 0 Å². The van der Waals surface area contributed by atoms with Crippen LogP contribution in [0.5, 0.6) is 0 Å². The lowest BCUT2D eigenvalue weighted by Crippen LogP contribution is -2.15. The summed E-state index contributed by atoms with van der Waals surface area (Å²) in [5, 5.41) is 3.55. The van der Waals surface area contributed by atoms with E-state index in [0.717, 1.165) is 29.2 Å². The summed E-state index contributed by atoms with van der Waals surface area (Å²) in [5.74, 6) is 0.945. The molecule has 3 nitrogen and oxygen atoms in total. The highest BCUT2D eigenvalue weighted by atomic mass is 32.2. The van der Waals surface area contributed by atoms with Gasteiger partial charge in [-0.15, -0.1) is 0 Å². The third-order valence-corrected chi connectivity index (χ3v) is 5.34. The van der Waals surface area contributed by atoms with Gasteiger partial charge in [0.05, 0.1) is 0 Å². The van der Waals surface area contributed by atoms with Crippen LogP contribution in [0.25, 0.3) is 0 Å². The van der Waals surface area contributed by atoms with E-state index in [9.17, 15) is 0 Å². The van der Waals surface area contributed by atoms with E-state index in [-0.39, 0.29) is 0 Å². The molecule has 0 atom stereocenters. The van der Waals surface area contributed by atoms with Gasteiger partial charge >= 0.3 is 0 Å². The lowest BCUT2D eigenvalue weighted by atomic mass is 10.1. The SMILES string of the molecule is CCc1nsc(Sc2ccc(CNC3CC3)cc2C)n1. The molecule has 0 amide bonds. The van der Waals surface area contributed by atoms with Gasteiger partial charge in [0.1, 0.15) is 5.82 Å². The van der Waals surface area contributed by atoms with Gasteiger partial charge in [-0.3, -0.25) is 0 Å². The van der Waals surface area contributed by atoms with Crippen LogP contribution in [0.2, 0.25) is 0 Å². The van der Waals surface area contributed by atoms with Crippen molar-refractivity contribution >= 4 is 23.3 Å². The Morgan fingerprint density at radius 3 is 2.90 bits per heavy atom. The van der Waals surface area contributed by atoms with Gasteiger partial charge in [-0.1, -0.05) is 30.8 Å². The average Bonchev–Trinajstić information content (AvgIpc) is 3.17. The molecule has 0 bridgehead atoms. The summed E-state index contributed by atoms with van der Waals surface area (Å²) in [6, 6.07) is 7.46. The number of nitrogens with one attached hydrogen (secondary N) is 1. The maximum absolute atomic E-state index is 4.51. The van der Waals surface area contributed by atoms with Crippen molar-refractivity contribution < 1.29 is 0 Å². The van der Waals surface area contributed by atoms with Gasteiger partial charge in [0.2, 0.25) is 0 Å². The molecule has 1 saturated carbocycles. The second kappa shape index (κ2) is 6.24. The average molecular weight is 305 g/mol. The zero-order valence-corrected chi connectivity index (χ0v) is 13.5. The summed E-state index contributed by atoms with van der Waals surface area (Å²) in [7, 11) is 0. The number of nitrogens with zero attached hydrogens (tertiary/aromatic N) is 2. The summed E-state index contributed by atoms with van der Waals surface area (Å²) in [6.07, 6.45) is 3.58. The molecule has 0 aliphatic heterocycles. The smallest absolute Gasteiger partial charge is 0.174 e. The van der Waals surface area contributed by atoms with Crippen molar-refractivity contribution in [2.45, 2.75) is 54.9 Å². The van der Waals surface area contributed by atoms with Crippen LogP contribution in [0.3, 0.4) is 0 Å². The number of hydrogen-bond donors (Lipinski definition) is 1. The van der Waals surface area contributed by atoms with Crippen molar-refractivity contribution in [3.05, 3.63) is 35.2 Å². The Hall–Kier alpha value is -0.910. The highest BCUT2D eigenvalue weighted by molar-refractivity contribution is 8.01. The second-order valence-corrected chi connectivity index (χ2v) is 7.23. The fourth-order valence-corrected chi connectivity index (χ4v) is 3.73. The highest BCUT2D eigenvalue weighted by Gasteiger charge is 2.19. The molecule has 1 aliphatic rings. The first-order chi connectivity index (χ1) is 9.74. The molecule has 20 heavy (non-hydrogen) atoms. The summed E-state index contributed by atoms with van der Waals surface area (Å²) >= 11 is 3.21. The van der Waals surface area contributed by atoms with E-state index in [1.165, 1.54) is 40.4 Å². The molecule has 0 spiro atoms. The quantitative estimate of drug-likeness (QED) is 0.880. The van der Waals surface area contributed by atoms with Gasteiger partial charge in [0, 0.05) is 23.9 Å². The van der Waals surface area contributed by atoms with Gasteiger partial charge in [0.25, 0.3) is 0 Å². The summed E-state index contributed by atoms with van der Waals surface area (Å²) in [4.78, 5) is 5.79. The molecular formula is C15H19N3S2. The van der Waals surface area contributed by atoms with Crippen LogP contribution < -0.4 is 5.32 Å². The monoisotopic (exact) mass is 305 g/mol. The number of hydrogen-bond acceptors (Lipinski definition) is 5. The molecule has 0 unspecified atom stereocenters. The third kappa shape index (κ3) is 3.59. The zero-order chi connectivity index (χ0) is 13.9. The lowest BCUT2D eigenvalue weighted by molar-refractivity contribution is 0.687. The topological polar surface area (TPSA) is 37.8 Å². The van der Waals surface area contributed by atoms with Gasteiger partial charge < -0.3 is 5.32 Å². The predicted octanol–water partition coefficient (Wildman–Crippen LogP) is 3.81. The van der Waals surface area contributed by atoms with Crippen LogP contribution in [-0.2, 0) is 13.0 Å². The fraction of sp³-hybridized carbons (Fsp3) is 0.467. The van der Waals surface area contributed by atoms with E-state index in [4.69, 9.17) is 0 Å². The molecule has 1 heterocycles. The largest absolute Gasteiger partial charge is 0.310 e. The minimum atomic E-state index is 0.762. The first-order valence-corrected chi connectivity index (χ1v) is 8.67. The van der Waals surface area contributed by atoms with E-state index in [1.54, 1.807) is 11.8 Å². The molecule has 3 rings (SSSR count). The third-order valence-electron chi connectivity index (χ3n) is 3.37. The summed E-state index contributed by atoms with van der Waals surface area (Å²) < 4.78 is 5.37. The van der Waals surface area contributed by atoms with Crippen molar-refractivity contribution in [2.75, 3.05) is 0 Å². The Balaban J connectivity index is 1.66. The van der Waals surface area contributed by atoms with Gasteiger partial charge in [0.15, 0.2) is 4.34 Å². The Morgan fingerprint density at radius 1 is 1.40 bits per heavy atom. The van der Waals surface area contributed by atoms with E-state index in [1.807, 2.05) is 0 Å². The highest BCUT2D eigenvalue weighted by Crippen LogP contribution is 2.32. The van der Waals surface area contributed by atoms with Gasteiger partial charge in [-0.05, 0) is 48.5 Å². The van der Waals surface area contributed by atoms with Crippen molar-refractivity contribution in [1.82, 2.24) is 14.7 Å². The molecule has 5 heteroatoms. The van der Waals surface area contributed by atoms with E-state index in [2.05, 4.69) is 46.7 Å². The van der Waals surface area contributed by atoms with Crippen molar-refractivity contribution in [3.8, 4) is 0 Å². The predicted molar refractivity (Wildman–Crippen MR) is 84.5 cm³/mol. The molecule has 1 N–H and O–H groups in total. The van der Waals surface area contributed by atoms with Crippen LogP contribution in [0.15, 0.2) is 27.4 Å². The first kappa shape index (κ1) is 14.0. The van der Waals surface area contributed by atoms with Crippen LogP contribution in [0.4, 0.5) is 0 Å². The molecule has 106 valence electrons. The molecule has 1 fully saturated rings. The maximum atomic E-state index is 4.51. The molecule has 0 saturated heterocycles. The van der Waals surface area contributed by atoms with Crippen molar-refractivity contribution in [2.24, 2.45) is 0 Å². The minimum Gasteiger partial charge on any atom is -0.310 e. The van der Waals surface area contributed by atoms with Gasteiger partial charge in [-0.2, -0.15) is 4.37 Å². The number of aryl methyl sites for hydroxylation is 2. The Labute approximate surface area is 128 Å². The first-order valence-electron chi connectivity index (χ1n) is 7.08. The molecule has 1 aliphatic carbocycles. The minimum absolute atomic E-state index is 0.762. The van der Waals surface area contributed by atoms with Crippen molar-refractivity contribution in [1.29, 1.82) is 0 Å². The van der Waals surface area contributed by atoms with E-state index in [0.29, 0.717) is 0 Å². The normalized spacial score (nSPS) is 14.7. The van der Waals surface area contributed by atoms with Gasteiger partial charge in [-0.25, -0.2) is 4.98 Å². The lowest BCUT2D eigenvalue weighted by Gasteiger charge is -2.07. The maximum Gasteiger partial charge on any atom is 0.174 e. The molecule has 0 radical (unpaired) electrons. The van der Waals surface area contributed by atoms with Crippen LogP contribution in [0, 0.1) is 6.92 Å². The van der Waals surface area contributed by atoms with Crippen LogP contribution in [0.1, 0.15) is 36.7 Å². The summed E-state index contributed by atoms with van der Waals surface area (Å²) in [5.41, 5.74) is 2.68. The zero-order valence-electron chi connectivity index (χ0n) is 11.8. The van der Waals surface area contributed by atoms with E-state index >= 15 is 0 Å². The van der Waals surface area contributed by atoms with Crippen LogP contribution in [-0.4, -0.2) is 15.4 Å². The Kier molecular flexibility index (Phi) is 4.38. The number of benzene rings is 1. The Bertz CT molecular complexity index is 591.